The van der Waals surface area contributed by atoms with Gasteiger partial charge in [0, 0.05) is 46.2 Å². The van der Waals surface area contributed by atoms with E-state index in [1.807, 2.05) is 71.0 Å². The number of rotatable bonds is 3. The molecule has 214 valence electrons. The van der Waals surface area contributed by atoms with Gasteiger partial charge in [-0.15, -0.1) is 0 Å². The molecule has 0 aliphatic carbocycles. The molecule has 41 heavy (non-hydrogen) atoms. The lowest BCUT2D eigenvalue weighted by Gasteiger charge is -2.53. The fourth-order valence-corrected chi connectivity index (χ4v) is 6.05. The summed E-state index contributed by atoms with van der Waals surface area (Å²) in [5.41, 5.74) is 3.86. The predicted molar refractivity (Wildman–Crippen MR) is 162 cm³/mol. The maximum atomic E-state index is 14.0. The van der Waals surface area contributed by atoms with Crippen LogP contribution >= 0.6 is 11.6 Å². The van der Waals surface area contributed by atoms with E-state index >= 15 is 0 Å². The highest BCUT2D eigenvalue weighted by Gasteiger charge is 2.52. The highest BCUT2D eigenvalue weighted by molar-refractivity contribution is 6.30. The Hall–Kier alpha value is -3.84. The van der Waals surface area contributed by atoms with Crippen LogP contribution in [0.5, 0.6) is 0 Å². The standard InChI is InChI=1S/C33H36ClN3O4/c1-21-9-6-7-10-25(21)29(38)35-24-12-13-26(22(2)19-24)30(39)36-17-8-15-33(27-20-23(34)11-14-28(27)36)16-18-37(33)31(40)41-32(3,4)5/h6-7,9-14,19-20H,8,15-18H2,1-5H3,(H,35,38). The molecule has 5 rings (SSSR count). The fourth-order valence-electron chi connectivity index (χ4n) is 5.88. The molecular weight excluding hydrogens is 538 g/mol. The minimum atomic E-state index is -0.610. The number of hydrogen-bond acceptors (Lipinski definition) is 4. The number of amides is 3. The fraction of sp³-hybridized carbons (Fsp3) is 0.364. The molecule has 1 spiro atoms. The number of aryl methyl sites for hydroxylation is 2. The number of carbonyl (C=O) groups is 3. The maximum absolute atomic E-state index is 14.0. The van der Waals surface area contributed by atoms with Gasteiger partial charge in [-0.3, -0.25) is 14.5 Å². The van der Waals surface area contributed by atoms with Crippen LogP contribution in [0, 0.1) is 13.8 Å². The van der Waals surface area contributed by atoms with Crippen LogP contribution in [-0.4, -0.2) is 41.5 Å². The first-order chi connectivity index (χ1) is 19.4. The lowest BCUT2D eigenvalue weighted by molar-refractivity contribution is -0.0509. The smallest absolute Gasteiger partial charge is 0.411 e. The van der Waals surface area contributed by atoms with E-state index in [1.165, 1.54) is 0 Å². The Morgan fingerprint density at radius 2 is 1.66 bits per heavy atom. The molecule has 0 aromatic heterocycles. The quantitative estimate of drug-likeness (QED) is 0.352. The summed E-state index contributed by atoms with van der Waals surface area (Å²) < 4.78 is 5.73. The second kappa shape index (κ2) is 10.9. The SMILES string of the molecule is Cc1ccccc1C(=O)Nc1ccc(C(=O)N2CCCC3(CCN3C(=O)OC(C)(C)C)c3cc(Cl)ccc32)c(C)c1. The highest BCUT2D eigenvalue weighted by atomic mass is 35.5. The van der Waals surface area contributed by atoms with Crippen molar-refractivity contribution in [2.75, 3.05) is 23.3 Å². The molecule has 8 heteroatoms. The zero-order chi connectivity index (χ0) is 29.5. The van der Waals surface area contributed by atoms with Crippen molar-refractivity contribution in [2.24, 2.45) is 0 Å². The van der Waals surface area contributed by atoms with E-state index in [0.29, 0.717) is 47.8 Å². The number of nitrogens with one attached hydrogen (secondary N) is 1. The third-order valence-electron chi connectivity index (χ3n) is 7.95. The van der Waals surface area contributed by atoms with Crippen LogP contribution in [0.4, 0.5) is 16.2 Å². The zero-order valence-electron chi connectivity index (χ0n) is 24.2. The number of hydrogen-bond donors (Lipinski definition) is 1. The number of benzene rings is 3. The van der Waals surface area contributed by atoms with E-state index in [0.717, 1.165) is 28.8 Å². The normalized spacial score (nSPS) is 18.3. The third-order valence-corrected chi connectivity index (χ3v) is 8.19. The molecule has 1 fully saturated rings. The Bertz CT molecular complexity index is 1530. The van der Waals surface area contributed by atoms with Gasteiger partial charge in [-0.05, 0) is 107 Å². The molecule has 1 unspecified atom stereocenters. The monoisotopic (exact) mass is 573 g/mol. The van der Waals surface area contributed by atoms with E-state index < -0.39 is 11.1 Å². The summed E-state index contributed by atoms with van der Waals surface area (Å²) >= 11 is 6.48. The van der Waals surface area contributed by atoms with Crippen molar-refractivity contribution >= 4 is 40.9 Å². The van der Waals surface area contributed by atoms with Gasteiger partial charge in [-0.1, -0.05) is 29.8 Å². The number of fused-ring (bicyclic) bond motifs is 2. The van der Waals surface area contributed by atoms with Crippen LogP contribution in [0.1, 0.15) is 77.4 Å². The molecule has 3 aromatic carbocycles. The lowest BCUT2D eigenvalue weighted by atomic mass is 9.75. The zero-order valence-corrected chi connectivity index (χ0v) is 25.0. The Morgan fingerprint density at radius 1 is 0.902 bits per heavy atom. The lowest BCUT2D eigenvalue weighted by Crippen LogP contribution is -2.60. The van der Waals surface area contributed by atoms with Crippen molar-refractivity contribution in [3.05, 3.63) is 93.5 Å². The molecule has 0 radical (unpaired) electrons. The Labute approximate surface area is 246 Å². The van der Waals surface area contributed by atoms with Gasteiger partial charge in [-0.25, -0.2) is 4.79 Å². The molecule has 2 aliphatic heterocycles. The summed E-state index contributed by atoms with van der Waals surface area (Å²) in [6.45, 7) is 10.4. The molecule has 0 saturated carbocycles. The van der Waals surface area contributed by atoms with E-state index in [9.17, 15) is 14.4 Å². The van der Waals surface area contributed by atoms with Gasteiger partial charge in [0.05, 0.1) is 5.54 Å². The average Bonchev–Trinajstić information content (AvgIpc) is 3.05. The van der Waals surface area contributed by atoms with Crippen molar-refractivity contribution in [2.45, 2.75) is 65.0 Å². The van der Waals surface area contributed by atoms with Crippen molar-refractivity contribution in [1.82, 2.24) is 4.90 Å². The van der Waals surface area contributed by atoms with Crippen LogP contribution in [-0.2, 0) is 10.3 Å². The van der Waals surface area contributed by atoms with Gasteiger partial charge < -0.3 is 15.0 Å². The summed E-state index contributed by atoms with van der Waals surface area (Å²) in [5, 5.41) is 3.50. The summed E-state index contributed by atoms with van der Waals surface area (Å²) in [6.07, 6.45) is 1.83. The molecule has 0 bridgehead atoms. The molecule has 7 nitrogen and oxygen atoms in total. The predicted octanol–water partition coefficient (Wildman–Crippen LogP) is 7.49. The topological polar surface area (TPSA) is 79.0 Å². The van der Waals surface area contributed by atoms with Crippen molar-refractivity contribution < 1.29 is 19.1 Å². The first-order valence-corrected chi connectivity index (χ1v) is 14.4. The van der Waals surface area contributed by atoms with Gasteiger partial charge in [0.2, 0.25) is 0 Å². The van der Waals surface area contributed by atoms with Crippen LogP contribution in [0.3, 0.4) is 0 Å². The second-order valence-electron chi connectivity index (χ2n) is 11.9. The Kier molecular flexibility index (Phi) is 7.60. The summed E-state index contributed by atoms with van der Waals surface area (Å²) in [4.78, 5) is 43.6. The molecule has 1 atom stereocenters. The Morgan fingerprint density at radius 3 is 2.32 bits per heavy atom. The third kappa shape index (κ3) is 5.55. The van der Waals surface area contributed by atoms with Crippen molar-refractivity contribution in [1.29, 1.82) is 0 Å². The molecular formula is C33H36ClN3O4. The van der Waals surface area contributed by atoms with E-state index in [2.05, 4.69) is 5.32 Å². The summed E-state index contributed by atoms with van der Waals surface area (Å²) in [6, 6.07) is 18.3. The maximum Gasteiger partial charge on any atom is 0.411 e. The van der Waals surface area contributed by atoms with Crippen LogP contribution < -0.4 is 10.2 Å². The van der Waals surface area contributed by atoms with Gasteiger partial charge in [0.15, 0.2) is 0 Å². The van der Waals surface area contributed by atoms with E-state index in [-0.39, 0.29) is 17.9 Å². The van der Waals surface area contributed by atoms with E-state index in [4.69, 9.17) is 16.3 Å². The first kappa shape index (κ1) is 28.7. The molecule has 1 saturated heterocycles. The van der Waals surface area contributed by atoms with Gasteiger partial charge >= 0.3 is 6.09 Å². The largest absolute Gasteiger partial charge is 0.444 e. The van der Waals surface area contributed by atoms with Crippen molar-refractivity contribution in [3.8, 4) is 0 Å². The minimum Gasteiger partial charge on any atom is -0.444 e. The minimum absolute atomic E-state index is 0.136. The number of carbonyl (C=O) groups excluding carboxylic acids is 3. The summed E-state index contributed by atoms with van der Waals surface area (Å²) in [5.74, 6) is -0.330. The highest BCUT2D eigenvalue weighted by Crippen LogP contribution is 2.51. The average molecular weight is 574 g/mol. The first-order valence-electron chi connectivity index (χ1n) is 14.0. The van der Waals surface area contributed by atoms with E-state index in [1.54, 1.807) is 34.1 Å². The molecule has 2 aliphatic rings. The molecule has 1 N–H and O–H groups in total. The molecule has 3 aromatic rings. The number of likely N-dealkylation sites (tertiary alicyclic amines) is 1. The van der Waals surface area contributed by atoms with Crippen LogP contribution in [0.25, 0.3) is 0 Å². The second-order valence-corrected chi connectivity index (χ2v) is 12.4. The van der Waals surface area contributed by atoms with Gasteiger partial charge in [-0.2, -0.15) is 0 Å². The number of ether oxygens (including phenoxy) is 1. The number of nitrogens with zero attached hydrogens (tertiary/aromatic N) is 2. The van der Waals surface area contributed by atoms with Crippen LogP contribution in [0.2, 0.25) is 5.02 Å². The van der Waals surface area contributed by atoms with Crippen molar-refractivity contribution in [3.63, 3.8) is 0 Å². The number of halogens is 1. The molecule has 2 heterocycles. The van der Waals surface area contributed by atoms with Gasteiger partial charge in [0.25, 0.3) is 11.8 Å². The Balaban J connectivity index is 1.43. The molecule has 3 amide bonds. The number of anilines is 2. The van der Waals surface area contributed by atoms with Crippen LogP contribution in [0.15, 0.2) is 60.7 Å². The summed E-state index contributed by atoms with van der Waals surface area (Å²) in [7, 11) is 0. The van der Waals surface area contributed by atoms with Gasteiger partial charge in [0.1, 0.15) is 5.60 Å².